The van der Waals surface area contributed by atoms with Crippen molar-refractivity contribution in [3.8, 4) is 16.8 Å². The number of para-hydroxylation sites is 2. The van der Waals surface area contributed by atoms with Crippen molar-refractivity contribution in [1.82, 2.24) is 4.57 Å². The molecule has 0 N–H and O–H groups in total. The van der Waals surface area contributed by atoms with Crippen molar-refractivity contribution in [3.05, 3.63) is 194 Å². The Bertz CT molecular complexity index is 2830. The maximum atomic E-state index is 2.42. The summed E-state index contributed by atoms with van der Waals surface area (Å²) in [5.74, 6) is 0. The van der Waals surface area contributed by atoms with Crippen LogP contribution in [0.5, 0.6) is 0 Å². The van der Waals surface area contributed by atoms with Crippen LogP contribution >= 0.6 is 0 Å². The summed E-state index contributed by atoms with van der Waals surface area (Å²) in [5, 5.41) is 10.1. The molecule has 0 atom stereocenters. The highest BCUT2D eigenvalue weighted by molar-refractivity contribution is 6.25. The van der Waals surface area contributed by atoms with Crippen molar-refractivity contribution in [2.24, 2.45) is 0 Å². The van der Waals surface area contributed by atoms with Gasteiger partial charge in [0, 0.05) is 33.5 Å². The molecule has 0 unspecified atom stereocenters. The van der Waals surface area contributed by atoms with Crippen LogP contribution in [-0.4, -0.2) is 4.57 Å². The van der Waals surface area contributed by atoms with E-state index < -0.39 is 0 Å². The normalized spacial score (nSPS) is 11.6. The molecule has 0 aliphatic carbocycles. The van der Waals surface area contributed by atoms with E-state index in [4.69, 9.17) is 0 Å². The van der Waals surface area contributed by atoms with E-state index in [0.29, 0.717) is 0 Å². The topological polar surface area (TPSA) is 8.17 Å². The van der Waals surface area contributed by atoms with Gasteiger partial charge in [-0.3, -0.25) is 0 Å². The zero-order valence-corrected chi connectivity index (χ0v) is 27.4. The van der Waals surface area contributed by atoms with Crippen LogP contribution in [0.25, 0.3) is 70.9 Å². The number of hydrogen-bond donors (Lipinski definition) is 0. The van der Waals surface area contributed by atoms with E-state index in [0.717, 1.165) is 22.7 Å². The quantitative estimate of drug-likeness (QED) is 0.171. The highest BCUT2D eigenvalue weighted by Crippen LogP contribution is 2.43. The van der Waals surface area contributed by atoms with Crippen LogP contribution in [0.15, 0.2) is 194 Å². The second-order valence-electron chi connectivity index (χ2n) is 13.0. The lowest BCUT2D eigenvalue weighted by Crippen LogP contribution is -2.10. The maximum Gasteiger partial charge on any atom is 0.0561 e. The molecule has 50 heavy (non-hydrogen) atoms. The van der Waals surface area contributed by atoms with E-state index in [1.165, 1.54) is 65.3 Å². The van der Waals surface area contributed by atoms with Gasteiger partial charge in [-0.25, -0.2) is 0 Å². The van der Waals surface area contributed by atoms with Crippen LogP contribution in [-0.2, 0) is 0 Å². The average molecular weight is 637 g/mol. The van der Waals surface area contributed by atoms with Gasteiger partial charge < -0.3 is 9.47 Å². The first-order chi connectivity index (χ1) is 24.8. The first-order valence-corrected chi connectivity index (χ1v) is 17.2. The number of benzene rings is 9. The molecule has 234 valence electrons. The smallest absolute Gasteiger partial charge is 0.0561 e. The highest BCUT2D eigenvalue weighted by Gasteiger charge is 2.19. The van der Waals surface area contributed by atoms with E-state index in [-0.39, 0.29) is 0 Å². The van der Waals surface area contributed by atoms with Gasteiger partial charge in [0.2, 0.25) is 0 Å². The molecule has 0 saturated heterocycles. The molecular weight excluding hydrogens is 605 g/mol. The number of anilines is 3. The van der Waals surface area contributed by atoms with Gasteiger partial charge in [-0.2, -0.15) is 0 Å². The summed E-state index contributed by atoms with van der Waals surface area (Å²) < 4.78 is 2.40. The largest absolute Gasteiger partial charge is 0.310 e. The number of nitrogens with zero attached hydrogens (tertiary/aromatic N) is 2. The van der Waals surface area contributed by atoms with Crippen molar-refractivity contribution in [2.75, 3.05) is 4.90 Å². The Morgan fingerprint density at radius 3 is 1.46 bits per heavy atom. The highest BCUT2D eigenvalue weighted by atomic mass is 15.1. The standard InChI is InChI=1S/C48H32N2/c1-3-14-33(15-4-1)34-16-13-19-36(30-34)49(37-26-28-43-41-22-8-7-20-39(41)40-21-9-10-23-42(40)46(43)31-37)38-27-29-45-44-24-11-12-25-47(44)50(48(45)32-38)35-17-5-2-6-18-35/h1-32H. The molecule has 0 amide bonds. The summed E-state index contributed by atoms with van der Waals surface area (Å²) >= 11 is 0. The monoisotopic (exact) mass is 636 g/mol. The van der Waals surface area contributed by atoms with Gasteiger partial charge in [0.05, 0.1) is 11.0 Å². The molecule has 2 nitrogen and oxygen atoms in total. The van der Waals surface area contributed by atoms with Crippen LogP contribution < -0.4 is 4.90 Å². The lowest BCUT2D eigenvalue weighted by molar-refractivity contribution is 1.18. The van der Waals surface area contributed by atoms with Gasteiger partial charge in [0.1, 0.15) is 0 Å². The lowest BCUT2D eigenvalue weighted by atomic mass is 9.94. The molecule has 2 heteroatoms. The van der Waals surface area contributed by atoms with Gasteiger partial charge >= 0.3 is 0 Å². The van der Waals surface area contributed by atoms with Crippen LogP contribution in [0.3, 0.4) is 0 Å². The molecule has 0 aliphatic heterocycles. The Morgan fingerprint density at radius 2 is 0.760 bits per heavy atom. The van der Waals surface area contributed by atoms with Gasteiger partial charge in [-0.15, -0.1) is 0 Å². The van der Waals surface area contributed by atoms with Gasteiger partial charge in [-0.05, 0) is 98.0 Å². The van der Waals surface area contributed by atoms with Gasteiger partial charge in [-0.1, -0.05) is 140 Å². The number of aromatic nitrogens is 1. The first-order valence-electron chi connectivity index (χ1n) is 17.2. The molecule has 0 bridgehead atoms. The molecule has 0 spiro atoms. The summed E-state index contributed by atoms with van der Waals surface area (Å²) in [6, 6.07) is 70.5. The fourth-order valence-electron chi connectivity index (χ4n) is 7.89. The predicted molar refractivity (Wildman–Crippen MR) is 213 cm³/mol. The van der Waals surface area contributed by atoms with Crippen molar-refractivity contribution in [2.45, 2.75) is 0 Å². The van der Waals surface area contributed by atoms with Crippen molar-refractivity contribution >= 4 is 71.2 Å². The molecular formula is C48H32N2. The summed E-state index contributed by atoms with van der Waals surface area (Å²) in [5.41, 5.74) is 9.24. The zero-order valence-electron chi connectivity index (χ0n) is 27.4. The first kappa shape index (κ1) is 28.4. The Morgan fingerprint density at radius 1 is 0.280 bits per heavy atom. The second kappa shape index (κ2) is 11.5. The average Bonchev–Trinajstić information content (AvgIpc) is 3.52. The SMILES string of the molecule is c1ccc(-c2cccc(N(c3ccc4c5ccccc5c5ccccc5c4c3)c3ccc4c5ccccc5n(-c5ccccc5)c4c3)c2)cc1. The molecule has 0 saturated carbocycles. The Kier molecular flexibility index (Phi) is 6.53. The molecule has 10 aromatic rings. The minimum Gasteiger partial charge on any atom is -0.310 e. The van der Waals surface area contributed by atoms with E-state index in [2.05, 4.69) is 204 Å². The van der Waals surface area contributed by atoms with Crippen molar-refractivity contribution in [1.29, 1.82) is 0 Å². The third-order valence-corrected chi connectivity index (χ3v) is 10.1. The summed E-state index contributed by atoms with van der Waals surface area (Å²) in [6.07, 6.45) is 0. The molecule has 0 radical (unpaired) electrons. The van der Waals surface area contributed by atoms with E-state index in [9.17, 15) is 0 Å². The summed E-state index contributed by atoms with van der Waals surface area (Å²) in [7, 11) is 0. The minimum atomic E-state index is 1.10. The molecule has 9 aromatic carbocycles. The Hall–Kier alpha value is -6.64. The van der Waals surface area contributed by atoms with E-state index in [1.54, 1.807) is 0 Å². The fourth-order valence-corrected chi connectivity index (χ4v) is 7.89. The zero-order chi connectivity index (χ0) is 33.0. The number of rotatable bonds is 5. The van der Waals surface area contributed by atoms with E-state index >= 15 is 0 Å². The van der Waals surface area contributed by atoms with Crippen LogP contribution in [0.2, 0.25) is 0 Å². The summed E-state index contributed by atoms with van der Waals surface area (Å²) in [4.78, 5) is 2.42. The predicted octanol–water partition coefficient (Wildman–Crippen LogP) is 13.4. The molecule has 1 heterocycles. The molecule has 10 rings (SSSR count). The minimum absolute atomic E-state index is 1.10. The number of fused-ring (bicyclic) bond motifs is 9. The molecule has 0 aliphatic rings. The third-order valence-electron chi connectivity index (χ3n) is 10.1. The van der Waals surface area contributed by atoms with Gasteiger partial charge in [0.15, 0.2) is 0 Å². The van der Waals surface area contributed by atoms with Crippen LogP contribution in [0.1, 0.15) is 0 Å². The Balaban J connectivity index is 1.26. The molecule has 0 fully saturated rings. The Labute approximate surface area is 290 Å². The van der Waals surface area contributed by atoms with Gasteiger partial charge in [0.25, 0.3) is 0 Å². The third kappa shape index (κ3) is 4.50. The lowest BCUT2D eigenvalue weighted by Gasteiger charge is -2.27. The van der Waals surface area contributed by atoms with E-state index in [1.807, 2.05) is 0 Å². The fraction of sp³-hybridized carbons (Fsp3) is 0. The van der Waals surface area contributed by atoms with Crippen molar-refractivity contribution < 1.29 is 0 Å². The van der Waals surface area contributed by atoms with Crippen molar-refractivity contribution in [3.63, 3.8) is 0 Å². The summed E-state index contributed by atoms with van der Waals surface area (Å²) in [6.45, 7) is 0. The maximum absolute atomic E-state index is 2.42. The molecule has 1 aromatic heterocycles. The second-order valence-corrected chi connectivity index (χ2v) is 13.0. The number of hydrogen-bond acceptors (Lipinski definition) is 1. The van der Waals surface area contributed by atoms with Crippen LogP contribution in [0.4, 0.5) is 17.1 Å². The van der Waals surface area contributed by atoms with Crippen LogP contribution in [0, 0.1) is 0 Å².